The highest BCUT2D eigenvalue weighted by atomic mass is 35.5. The quantitative estimate of drug-likeness (QED) is 0.0162. The Morgan fingerprint density at radius 1 is 0.774 bits per heavy atom. The van der Waals surface area contributed by atoms with Gasteiger partial charge < -0.3 is 40.8 Å². The summed E-state index contributed by atoms with van der Waals surface area (Å²) < 4.78 is 12.0. The molecule has 0 fully saturated rings. The number of esters is 1. The maximum absolute atomic E-state index is 11.4. The molecule has 28 heteroatoms. The summed E-state index contributed by atoms with van der Waals surface area (Å²) in [6.45, 7) is 19.3. The molecule has 0 aromatic carbocycles. The average Bonchev–Trinajstić information content (AvgIpc) is 3.87. The molecule has 0 atom stereocenters. The molecular formula is C56H66BCl2N18O4S3. The largest absolute Gasteiger partial charge is 0.464 e. The lowest BCUT2D eigenvalue weighted by Gasteiger charge is -2.37. The number of aromatic amines is 1. The number of nitrogens with zero attached hydrogens (tertiary/aromatic N) is 13. The minimum Gasteiger partial charge on any atom is -0.464 e. The van der Waals surface area contributed by atoms with Crippen LogP contribution in [0.4, 0.5) is 17.1 Å². The molecule has 9 rings (SSSR count). The van der Waals surface area contributed by atoms with E-state index in [2.05, 4.69) is 110 Å². The van der Waals surface area contributed by atoms with Crippen molar-refractivity contribution in [3.05, 3.63) is 116 Å². The van der Waals surface area contributed by atoms with Gasteiger partial charge in [0.05, 0.1) is 69.2 Å². The SMILES string of the molecule is C.C.CC(C)(O)C(C)(C)O[B]c1ccc(/C=C(/C#N)C=N)[nH]1.CC(C)Nc1cc(-c2ccc3cc(C#N)cnn23)ncc1-c1nncs1.CC(C)Nc1cc(Cl)ncc1-c1nncs1.COC(=O)c1nnc(-c2cnc(Cl)cc2NC(C)C)s1. The Balaban J connectivity index is 0.000000242. The fourth-order valence-corrected chi connectivity index (χ4v) is 9.06. The van der Waals surface area contributed by atoms with Crippen molar-refractivity contribution in [2.24, 2.45) is 0 Å². The molecule has 0 aliphatic rings. The molecule has 439 valence electrons. The van der Waals surface area contributed by atoms with Crippen molar-refractivity contribution >= 4 is 111 Å². The zero-order valence-electron chi connectivity index (χ0n) is 46.5. The minimum absolute atomic E-state index is 0. The van der Waals surface area contributed by atoms with E-state index < -0.39 is 17.2 Å². The Hall–Kier alpha value is -8.08. The van der Waals surface area contributed by atoms with E-state index in [0.29, 0.717) is 32.6 Å². The van der Waals surface area contributed by atoms with Crippen LogP contribution in [0.3, 0.4) is 0 Å². The molecule has 1 radical (unpaired) electrons. The van der Waals surface area contributed by atoms with Gasteiger partial charge in [0.15, 0.2) is 15.0 Å². The van der Waals surface area contributed by atoms with Gasteiger partial charge in [-0.3, -0.25) is 4.98 Å². The second-order valence-corrected chi connectivity index (χ2v) is 22.9. The van der Waals surface area contributed by atoms with Gasteiger partial charge in [0.2, 0.25) is 5.01 Å². The fourth-order valence-electron chi connectivity index (χ4n) is 6.81. The second-order valence-electron chi connectivity index (χ2n) is 19.5. The van der Waals surface area contributed by atoms with Crippen LogP contribution in [-0.4, -0.2) is 121 Å². The van der Waals surface area contributed by atoms with Crippen LogP contribution >= 0.6 is 57.2 Å². The number of carbonyl (C=O) groups is 1. The zero-order valence-corrected chi connectivity index (χ0v) is 50.5. The highest BCUT2D eigenvalue weighted by Gasteiger charge is 2.36. The van der Waals surface area contributed by atoms with E-state index >= 15 is 0 Å². The summed E-state index contributed by atoms with van der Waals surface area (Å²) in [5.41, 5.74) is 11.7. The van der Waals surface area contributed by atoms with Gasteiger partial charge in [-0.25, -0.2) is 19.3 Å². The Bertz CT molecular complexity index is 3700. The number of allylic oxidation sites excluding steroid dienone is 1. The van der Waals surface area contributed by atoms with Gasteiger partial charge in [0.1, 0.15) is 33.5 Å². The summed E-state index contributed by atoms with van der Waals surface area (Å²) in [6.07, 6.45) is 9.26. The minimum atomic E-state index is -0.979. The number of fused-ring (bicyclic) bond motifs is 1. The number of anilines is 3. The number of halogens is 2. The van der Waals surface area contributed by atoms with Crippen LogP contribution in [0.25, 0.3) is 54.7 Å². The lowest BCUT2D eigenvalue weighted by molar-refractivity contribution is -0.0893. The third-order valence-corrected chi connectivity index (χ3v) is 14.1. The molecule has 9 aromatic heterocycles. The van der Waals surface area contributed by atoms with Crippen molar-refractivity contribution in [2.75, 3.05) is 23.1 Å². The first-order valence-electron chi connectivity index (χ1n) is 25.0. The normalized spacial score (nSPS) is 11.1. The molecule has 0 saturated heterocycles. The summed E-state index contributed by atoms with van der Waals surface area (Å²) in [4.78, 5) is 27.2. The van der Waals surface area contributed by atoms with Crippen molar-refractivity contribution in [1.82, 2.24) is 60.1 Å². The summed E-state index contributed by atoms with van der Waals surface area (Å²) in [7, 11) is 2.84. The molecule has 6 N–H and O–H groups in total. The molecule has 0 bridgehead atoms. The summed E-state index contributed by atoms with van der Waals surface area (Å²) >= 11 is 15.9. The van der Waals surface area contributed by atoms with Crippen LogP contribution in [0.15, 0.2) is 89.9 Å². The van der Waals surface area contributed by atoms with Crippen molar-refractivity contribution in [3.8, 4) is 55.2 Å². The smallest absolute Gasteiger partial charge is 0.369 e. The molecule has 84 heavy (non-hydrogen) atoms. The van der Waals surface area contributed by atoms with Crippen LogP contribution in [0.1, 0.15) is 105 Å². The third-order valence-electron chi connectivity index (χ3n) is 11.3. The molecule has 0 saturated carbocycles. The predicted octanol–water partition coefficient (Wildman–Crippen LogP) is 12.2. The lowest BCUT2D eigenvalue weighted by Crippen LogP contribution is -2.49. The number of carbonyl (C=O) groups excluding carboxylic acids is 1. The molecule has 9 heterocycles. The number of aromatic nitrogens is 12. The van der Waals surface area contributed by atoms with E-state index in [-0.39, 0.29) is 37.5 Å². The molecule has 22 nitrogen and oxygen atoms in total. The monoisotopic (exact) mass is 1230 g/mol. The Kier molecular flexibility index (Phi) is 25.7. The number of methoxy groups -OCH3 is 1. The van der Waals surface area contributed by atoms with E-state index in [0.717, 1.165) is 83.8 Å². The Morgan fingerprint density at radius 3 is 1.81 bits per heavy atom. The third kappa shape index (κ3) is 19.0. The molecule has 0 unspecified atom stereocenters. The zero-order chi connectivity index (χ0) is 59.7. The van der Waals surface area contributed by atoms with Crippen molar-refractivity contribution in [2.45, 2.75) is 113 Å². The Labute approximate surface area is 511 Å². The number of ether oxygens (including phenoxy) is 1. The maximum atomic E-state index is 11.4. The number of hydrogen-bond acceptors (Lipinski definition) is 23. The van der Waals surface area contributed by atoms with E-state index in [9.17, 15) is 9.90 Å². The molecule has 0 spiro atoms. The van der Waals surface area contributed by atoms with Gasteiger partial charge in [0, 0.05) is 71.3 Å². The van der Waals surface area contributed by atoms with Gasteiger partial charge in [-0.1, -0.05) is 72.1 Å². The van der Waals surface area contributed by atoms with E-state index in [1.807, 2.05) is 44.3 Å². The topological polar surface area (TPSA) is 312 Å². The second kappa shape index (κ2) is 31.5. The van der Waals surface area contributed by atoms with Gasteiger partial charge >= 0.3 is 13.5 Å². The molecule has 0 aliphatic heterocycles. The Morgan fingerprint density at radius 2 is 1.32 bits per heavy atom. The number of pyridine rings is 3. The highest BCUT2D eigenvalue weighted by Crippen LogP contribution is 2.35. The summed E-state index contributed by atoms with van der Waals surface area (Å²) in [5.74, 6) is -0.506. The van der Waals surface area contributed by atoms with E-state index in [4.69, 9.17) is 43.8 Å². The van der Waals surface area contributed by atoms with Gasteiger partial charge in [-0.2, -0.15) is 15.6 Å². The van der Waals surface area contributed by atoms with Crippen LogP contribution in [-0.2, 0) is 9.39 Å². The molecular weight excluding hydrogens is 1170 g/mol. The summed E-state index contributed by atoms with van der Waals surface area (Å²) in [5, 5.41) is 76.3. The highest BCUT2D eigenvalue weighted by molar-refractivity contribution is 7.16. The lowest BCUT2D eigenvalue weighted by atomic mass is 9.85. The van der Waals surface area contributed by atoms with Crippen LogP contribution in [0, 0.1) is 28.1 Å². The molecule has 9 aromatic rings. The van der Waals surface area contributed by atoms with Gasteiger partial charge in [-0.15, -0.1) is 30.6 Å². The number of rotatable bonds is 17. The predicted molar refractivity (Wildman–Crippen MR) is 339 cm³/mol. The van der Waals surface area contributed by atoms with Crippen LogP contribution in [0.5, 0.6) is 0 Å². The molecule has 0 aliphatic carbocycles. The summed E-state index contributed by atoms with van der Waals surface area (Å²) in [6, 6.07) is 19.6. The average molecular weight is 1230 g/mol. The first-order chi connectivity index (χ1) is 39.0. The number of aliphatic hydroxyl groups is 1. The van der Waals surface area contributed by atoms with Crippen molar-refractivity contribution in [3.63, 3.8) is 0 Å². The van der Waals surface area contributed by atoms with Crippen LogP contribution in [0.2, 0.25) is 10.3 Å². The van der Waals surface area contributed by atoms with Crippen molar-refractivity contribution < 1.29 is 19.3 Å². The number of H-pyrrole nitrogens is 1. The van der Waals surface area contributed by atoms with E-state index in [1.54, 1.807) is 98.2 Å². The van der Waals surface area contributed by atoms with E-state index in [1.165, 1.54) is 37.3 Å². The first-order valence-corrected chi connectivity index (χ1v) is 28.3. The molecule has 0 amide bonds. The number of nitriles is 2. The van der Waals surface area contributed by atoms with Gasteiger partial charge in [-0.05, 0) is 124 Å². The number of nitrogens with one attached hydrogen (secondary N) is 5. The van der Waals surface area contributed by atoms with Gasteiger partial charge in [0.25, 0.3) is 0 Å². The fraction of sp³-hybridized carbons (Fsp3) is 0.321. The van der Waals surface area contributed by atoms with Crippen LogP contribution < -0.4 is 21.5 Å². The standard InChI is InChI=1S/C18H15N7S.C14H19BN3O2.C12H13ClN4O2S.C10H11ClN4S.2CH4/c1-11(2)23-15-6-16(20-9-14(15)18-24-21-10-26-18)17-4-3-13-5-12(7-19)8-22-25(13)17;1-13(2,19)14(3,4)20-15-12-6-5-11(18-12)7-10(8-16)9-17;1-6(2)15-8-4-9(13)14-5-7(8)10-16-17-11(20-10)12(18)19-3;1-6(2)14-8-3-9(11)12-4-7(8)10-15-13-5-16-10;;/h3-6,8-11H,1-2H3,(H,20,23);5-8,16,18-19H,1-4H3;4-6H,1-3H3,(H,14,15);3-6H,1-2H3,(H,12,14);2*1H4/b;10-7+,16-8?;;;;. The maximum Gasteiger partial charge on any atom is 0.369 e. The first kappa shape index (κ1) is 68.4. The number of hydrogen-bond donors (Lipinski definition) is 6. The van der Waals surface area contributed by atoms with Crippen molar-refractivity contribution in [1.29, 1.82) is 15.9 Å².